The summed E-state index contributed by atoms with van der Waals surface area (Å²) in [5.41, 5.74) is 6.22. The highest BCUT2D eigenvalue weighted by molar-refractivity contribution is 7.94. The van der Waals surface area contributed by atoms with Crippen LogP contribution in [0.4, 0.5) is 11.4 Å². The zero-order chi connectivity index (χ0) is 16.0. The van der Waals surface area contributed by atoms with Gasteiger partial charge in [0.2, 0.25) is 5.91 Å². The van der Waals surface area contributed by atoms with E-state index in [2.05, 4.69) is 5.32 Å². The molecule has 3 N–H and O–H groups in total. The molecule has 114 valence electrons. The van der Waals surface area contributed by atoms with E-state index in [-0.39, 0.29) is 10.7 Å². The van der Waals surface area contributed by atoms with Crippen LogP contribution in [0.2, 0.25) is 5.02 Å². The maximum atomic E-state index is 11.9. The van der Waals surface area contributed by atoms with Crippen molar-refractivity contribution < 1.29 is 18.0 Å². The molecule has 0 saturated carbocycles. The second-order valence-electron chi connectivity index (χ2n) is 5.11. The normalized spacial score (nSPS) is 19.0. The minimum Gasteiger partial charge on any atom is -0.399 e. The number of hydrogen-bond acceptors (Lipinski definition) is 5. The van der Waals surface area contributed by atoms with E-state index >= 15 is 0 Å². The Bertz CT molecular complexity index is 730. The van der Waals surface area contributed by atoms with Gasteiger partial charge in [-0.05, 0) is 32.0 Å². The first kappa shape index (κ1) is 15.6. The number of benzene rings is 1. The van der Waals surface area contributed by atoms with Crippen LogP contribution in [0.1, 0.15) is 13.8 Å². The molecular weight excluding hydrogens is 318 g/mol. The van der Waals surface area contributed by atoms with E-state index in [9.17, 15) is 18.0 Å². The van der Waals surface area contributed by atoms with Crippen LogP contribution in [0.5, 0.6) is 0 Å². The summed E-state index contributed by atoms with van der Waals surface area (Å²) in [4.78, 5) is 23.6. The summed E-state index contributed by atoms with van der Waals surface area (Å²) in [5, 5.41) is 2.69. The first-order chi connectivity index (χ1) is 9.57. The first-order valence-corrected chi connectivity index (χ1v) is 7.81. The lowest BCUT2D eigenvalue weighted by Crippen LogP contribution is -2.68. The Morgan fingerprint density at radius 2 is 2.05 bits per heavy atom. The van der Waals surface area contributed by atoms with E-state index in [0.29, 0.717) is 9.99 Å². The number of carbonyl (C=O) groups is 2. The zero-order valence-electron chi connectivity index (χ0n) is 11.4. The summed E-state index contributed by atoms with van der Waals surface area (Å²) in [6.07, 6.45) is 0. The second kappa shape index (κ2) is 4.88. The van der Waals surface area contributed by atoms with Crippen molar-refractivity contribution >= 4 is 44.8 Å². The quantitative estimate of drug-likeness (QED) is 0.796. The number of halogens is 1. The lowest BCUT2D eigenvalue weighted by molar-refractivity contribution is -0.134. The summed E-state index contributed by atoms with van der Waals surface area (Å²) in [5.74, 6) is -1.29. The Morgan fingerprint density at radius 1 is 1.43 bits per heavy atom. The number of amides is 2. The van der Waals surface area contributed by atoms with E-state index in [0.717, 1.165) is 0 Å². The Labute approximate surface area is 127 Å². The fourth-order valence-corrected chi connectivity index (χ4v) is 3.52. The second-order valence-corrected chi connectivity index (χ2v) is 7.93. The van der Waals surface area contributed by atoms with Crippen LogP contribution >= 0.6 is 11.6 Å². The Kier molecular flexibility index (Phi) is 3.63. The number of anilines is 2. The molecule has 0 aliphatic carbocycles. The van der Waals surface area contributed by atoms with Gasteiger partial charge < -0.3 is 11.1 Å². The third-order valence-corrected chi connectivity index (χ3v) is 5.90. The molecular formula is C12H14ClN3O4S. The van der Waals surface area contributed by atoms with E-state index < -0.39 is 33.1 Å². The van der Waals surface area contributed by atoms with Gasteiger partial charge in [0.25, 0.3) is 15.9 Å². The van der Waals surface area contributed by atoms with Gasteiger partial charge in [0, 0.05) is 5.69 Å². The maximum Gasteiger partial charge on any atom is 0.259 e. The molecule has 1 aromatic carbocycles. The Morgan fingerprint density at radius 3 is 2.62 bits per heavy atom. The van der Waals surface area contributed by atoms with Crippen LogP contribution < -0.4 is 11.1 Å². The fourth-order valence-electron chi connectivity index (χ4n) is 1.87. The zero-order valence-corrected chi connectivity index (χ0v) is 13.0. The van der Waals surface area contributed by atoms with Crippen molar-refractivity contribution in [2.75, 3.05) is 17.6 Å². The smallest absolute Gasteiger partial charge is 0.259 e. The van der Waals surface area contributed by atoms with E-state index in [1.165, 1.54) is 26.0 Å². The number of nitrogens with one attached hydrogen (secondary N) is 1. The van der Waals surface area contributed by atoms with Gasteiger partial charge in [-0.1, -0.05) is 11.6 Å². The molecule has 0 unspecified atom stereocenters. The van der Waals surface area contributed by atoms with Gasteiger partial charge in [0.05, 0.1) is 10.7 Å². The van der Waals surface area contributed by atoms with Crippen LogP contribution in [-0.2, 0) is 19.6 Å². The van der Waals surface area contributed by atoms with Gasteiger partial charge in [0.1, 0.15) is 6.54 Å². The molecule has 9 heteroatoms. The van der Waals surface area contributed by atoms with Crippen LogP contribution in [-0.4, -0.2) is 35.8 Å². The molecule has 1 fully saturated rings. The molecule has 1 heterocycles. The largest absolute Gasteiger partial charge is 0.399 e. The summed E-state index contributed by atoms with van der Waals surface area (Å²) in [6, 6.07) is 4.50. The standard InChI is InChI=1S/C12H14ClN3O4S/c1-12(2)11(18)16(21(12,19)20)6-10(17)15-9-5-7(14)3-4-8(9)13/h3-5H,6,14H2,1-2H3,(H,15,17). The summed E-state index contributed by atoms with van der Waals surface area (Å²) >= 11 is 5.89. The van der Waals surface area contributed by atoms with Gasteiger partial charge >= 0.3 is 0 Å². The monoisotopic (exact) mass is 331 g/mol. The highest BCUT2D eigenvalue weighted by atomic mass is 35.5. The lowest BCUT2D eigenvalue weighted by atomic mass is 10.2. The molecule has 2 rings (SSSR count). The first-order valence-electron chi connectivity index (χ1n) is 5.99. The van der Waals surface area contributed by atoms with Crippen LogP contribution in [0.3, 0.4) is 0 Å². The van der Waals surface area contributed by atoms with E-state index in [1.54, 1.807) is 6.07 Å². The molecule has 1 saturated heterocycles. The minimum absolute atomic E-state index is 0.256. The van der Waals surface area contributed by atoms with Crippen molar-refractivity contribution in [3.05, 3.63) is 23.2 Å². The molecule has 1 aliphatic heterocycles. The highest BCUT2D eigenvalue weighted by Gasteiger charge is 2.60. The molecule has 0 bridgehead atoms. The molecule has 1 aromatic rings. The van der Waals surface area contributed by atoms with Gasteiger partial charge in [0.15, 0.2) is 4.75 Å². The Hall–Kier alpha value is -1.80. The predicted molar refractivity (Wildman–Crippen MR) is 79.2 cm³/mol. The number of nitrogens with two attached hydrogens (primary N) is 1. The number of nitrogen functional groups attached to an aromatic ring is 1. The number of rotatable bonds is 3. The number of carbonyl (C=O) groups excluding carboxylic acids is 2. The van der Waals surface area contributed by atoms with E-state index in [4.69, 9.17) is 17.3 Å². The lowest BCUT2D eigenvalue weighted by Gasteiger charge is -2.42. The van der Waals surface area contributed by atoms with Crippen molar-refractivity contribution in [1.29, 1.82) is 0 Å². The van der Waals surface area contributed by atoms with Crippen LogP contribution in [0, 0.1) is 0 Å². The highest BCUT2D eigenvalue weighted by Crippen LogP contribution is 2.34. The maximum absolute atomic E-state index is 11.9. The molecule has 0 radical (unpaired) electrons. The third-order valence-electron chi connectivity index (χ3n) is 3.23. The number of hydrogen-bond donors (Lipinski definition) is 2. The Balaban J connectivity index is 2.10. The van der Waals surface area contributed by atoms with Crippen LogP contribution in [0.15, 0.2) is 18.2 Å². The minimum atomic E-state index is -3.79. The topological polar surface area (TPSA) is 110 Å². The fraction of sp³-hybridized carbons (Fsp3) is 0.333. The molecule has 7 nitrogen and oxygen atoms in total. The van der Waals surface area contributed by atoms with Crippen molar-refractivity contribution in [1.82, 2.24) is 4.31 Å². The molecule has 0 atom stereocenters. The average Bonchev–Trinajstić information content (AvgIpc) is 2.39. The van der Waals surface area contributed by atoms with Crippen molar-refractivity contribution in [2.45, 2.75) is 18.6 Å². The molecule has 0 aromatic heterocycles. The SMILES string of the molecule is CC1(C)C(=O)N(CC(=O)Nc2cc(N)ccc2Cl)S1(=O)=O. The van der Waals surface area contributed by atoms with Gasteiger partial charge in [-0.3, -0.25) is 9.59 Å². The summed E-state index contributed by atoms with van der Waals surface area (Å²) < 4.78 is 22.8. The molecule has 2 amide bonds. The summed E-state index contributed by atoms with van der Waals surface area (Å²) in [7, 11) is -3.79. The van der Waals surface area contributed by atoms with Gasteiger partial charge in [-0.25, -0.2) is 12.7 Å². The number of nitrogens with zero attached hydrogens (tertiary/aromatic N) is 1. The average molecular weight is 332 g/mol. The molecule has 1 aliphatic rings. The van der Waals surface area contributed by atoms with E-state index in [1.807, 2.05) is 0 Å². The van der Waals surface area contributed by atoms with Gasteiger partial charge in [-0.15, -0.1) is 0 Å². The van der Waals surface area contributed by atoms with Crippen molar-refractivity contribution in [3.8, 4) is 0 Å². The number of sulfonamides is 1. The van der Waals surface area contributed by atoms with Gasteiger partial charge in [-0.2, -0.15) is 0 Å². The predicted octanol–water partition coefficient (Wildman–Crippen LogP) is 0.811. The van der Waals surface area contributed by atoms with Crippen molar-refractivity contribution in [2.24, 2.45) is 0 Å². The molecule has 0 spiro atoms. The summed E-state index contributed by atoms with van der Waals surface area (Å²) in [6.45, 7) is 2.01. The van der Waals surface area contributed by atoms with Crippen LogP contribution in [0.25, 0.3) is 0 Å². The third kappa shape index (κ3) is 2.44. The molecule has 21 heavy (non-hydrogen) atoms. The van der Waals surface area contributed by atoms with Crippen molar-refractivity contribution in [3.63, 3.8) is 0 Å².